The molecule has 0 saturated heterocycles. The zero-order chi connectivity index (χ0) is 15.5. The first kappa shape index (κ1) is 21.4. The molecule has 0 spiro atoms. The van der Waals surface area contributed by atoms with Crippen LogP contribution in [-0.4, -0.2) is 32.6 Å². The SMILES string of the molecule is C[O][Ti+2][c]1c(C2=CC(CN(C)C)=CC2)ccc2ccccc12.[Cl-].[Cl-]. The van der Waals surface area contributed by atoms with Crippen molar-refractivity contribution in [2.24, 2.45) is 0 Å². The third-order valence-electron chi connectivity index (χ3n) is 3.92. The molecule has 0 radical (unpaired) electrons. The van der Waals surface area contributed by atoms with E-state index < -0.39 is 19.5 Å². The van der Waals surface area contributed by atoms with E-state index in [1.165, 1.54) is 31.4 Å². The Balaban J connectivity index is 0.00000144. The summed E-state index contributed by atoms with van der Waals surface area (Å²) in [7, 11) is 6.06. The summed E-state index contributed by atoms with van der Waals surface area (Å²) in [5.74, 6) is 0. The molecule has 0 saturated carbocycles. The summed E-state index contributed by atoms with van der Waals surface area (Å²) in [6, 6.07) is 13.1. The van der Waals surface area contributed by atoms with Crippen LogP contribution in [0.25, 0.3) is 16.3 Å². The van der Waals surface area contributed by atoms with Crippen LogP contribution in [0.2, 0.25) is 0 Å². The molecular formula is C19H21Cl2NOTi. The Morgan fingerprint density at radius 1 is 1.08 bits per heavy atom. The average molecular weight is 398 g/mol. The molecule has 0 N–H and O–H groups in total. The minimum Gasteiger partial charge on any atom is -1.00 e. The van der Waals surface area contributed by atoms with Gasteiger partial charge in [-0.1, -0.05) is 0 Å². The van der Waals surface area contributed by atoms with Gasteiger partial charge in [0.2, 0.25) is 0 Å². The summed E-state index contributed by atoms with van der Waals surface area (Å²) in [5, 5.41) is 2.66. The molecule has 0 unspecified atom stereocenters. The summed E-state index contributed by atoms with van der Waals surface area (Å²) in [4.78, 5) is 2.22. The Kier molecular flexibility index (Phi) is 8.72. The molecule has 0 atom stereocenters. The first-order valence-electron chi connectivity index (χ1n) is 7.54. The van der Waals surface area contributed by atoms with Crippen LogP contribution in [0.5, 0.6) is 0 Å². The molecule has 0 bridgehead atoms. The van der Waals surface area contributed by atoms with Crippen molar-refractivity contribution in [3.8, 4) is 0 Å². The van der Waals surface area contributed by atoms with E-state index in [4.69, 9.17) is 3.32 Å². The van der Waals surface area contributed by atoms with Crippen molar-refractivity contribution in [2.75, 3.05) is 27.7 Å². The van der Waals surface area contributed by atoms with E-state index in [0.717, 1.165) is 13.0 Å². The average Bonchev–Trinajstić information content (AvgIpc) is 2.95. The van der Waals surface area contributed by atoms with Crippen molar-refractivity contribution < 1.29 is 47.7 Å². The Labute approximate surface area is 166 Å². The fraction of sp³-hybridized carbons (Fsp3) is 0.263. The number of hydrogen-bond acceptors (Lipinski definition) is 2. The van der Waals surface area contributed by atoms with E-state index in [1.54, 1.807) is 0 Å². The first-order chi connectivity index (χ1) is 10.7. The van der Waals surface area contributed by atoms with Gasteiger partial charge in [0, 0.05) is 0 Å². The molecule has 5 heteroatoms. The third-order valence-corrected chi connectivity index (χ3v) is 5.40. The fourth-order valence-electron chi connectivity index (χ4n) is 3.00. The maximum atomic E-state index is 5.60. The van der Waals surface area contributed by atoms with Crippen LogP contribution in [0.1, 0.15) is 12.0 Å². The maximum Gasteiger partial charge on any atom is -1.00 e. The molecule has 24 heavy (non-hydrogen) atoms. The van der Waals surface area contributed by atoms with Gasteiger partial charge in [0.1, 0.15) is 0 Å². The summed E-state index contributed by atoms with van der Waals surface area (Å²) in [5.41, 5.74) is 4.22. The zero-order valence-electron chi connectivity index (χ0n) is 14.1. The topological polar surface area (TPSA) is 12.5 Å². The molecule has 126 valence electrons. The van der Waals surface area contributed by atoms with Crippen molar-refractivity contribution in [1.82, 2.24) is 4.90 Å². The molecule has 0 aromatic heterocycles. The molecule has 0 amide bonds. The quantitative estimate of drug-likeness (QED) is 0.513. The van der Waals surface area contributed by atoms with Gasteiger partial charge in [-0.3, -0.25) is 0 Å². The summed E-state index contributed by atoms with van der Waals surface area (Å²) >= 11 is -0.564. The van der Waals surface area contributed by atoms with Crippen molar-refractivity contribution in [2.45, 2.75) is 6.42 Å². The maximum absolute atomic E-state index is 5.60. The van der Waals surface area contributed by atoms with E-state index >= 15 is 0 Å². The van der Waals surface area contributed by atoms with Crippen molar-refractivity contribution in [1.29, 1.82) is 0 Å². The van der Waals surface area contributed by atoms with E-state index in [2.05, 4.69) is 67.5 Å². The van der Waals surface area contributed by atoms with Gasteiger partial charge < -0.3 is 24.8 Å². The Morgan fingerprint density at radius 3 is 2.54 bits per heavy atom. The Bertz CT molecular complexity index is 756. The molecule has 2 aromatic rings. The number of likely N-dealkylation sites (N-methyl/N-ethyl adjacent to an activating group) is 1. The van der Waals surface area contributed by atoms with Gasteiger partial charge in [-0.25, -0.2) is 0 Å². The second kappa shape index (κ2) is 9.77. The fourth-order valence-corrected chi connectivity index (χ4v) is 4.40. The zero-order valence-corrected chi connectivity index (χ0v) is 17.2. The standard InChI is InChI=1S/C18H18N.CH3O.2ClH.Ti/c1-19(2)13-14-7-8-17(11-14)18-10-9-15-5-3-4-6-16(15)12-18;1-2;;;/h3-7,9-11H,8,13H2,1-2H3;1H3;2*1H;/q;-1;;;+3/p-2. The number of fused-ring (bicyclic) bond motifs is 1. The molecule has 1 aliphatic carbocycles. The van der Waals surface area contributed by atoms with Crippen LogP contribution in [-0.2, 0) is 22.9 Å². The molecule has 0 aliphatic heterocycles. The van der Waals surface area contributed by atoms with E-state index in [9.17, 15) is 0 Å². The van der Waals surface area contributed by atoms with E-state index in [0.29, 0.717) is 0 Å². The Hall–Kier alpha value is -0.606. The summed E-state index contributed by atoms with van der Waals surface area (Å²) in [6.07, 6.45) is 5.74. The number of allylic oxidation sites excluding steroid dienone is 2. The second-order valence-corrected chi connectivity index (χ2v) is 7.64. The molecular weight excluding hydrogens is 377 g/mol. The number of benzene rings is 2. The number of rotatable bonds is 5. The molecule has 2 nitrogen and oxygen atoms in total. The van der Waals surface area contributed by atoms with Crippen molar-refractivity contribution in [3.05, 3.63) is 59.7 Å². The minimum atomic E-state index is -0.564. The molecule has 0 fully saturated rings. The monoisotopic (exact) mass is 397 g/mol. The van der Waals surface area contributed by atoms with E-state index in [1.807, 2.05) is 7.11 Å². The van der Waals surface area contributed by atoms with Crippen LogP contribution in [0.15, 0.2) is 54.1 Å². The predicted molar refractivity (Wildman–Crippen MR) is 89.8 cm³/mol. The normalized spacial score (nSPS) is 13.0. The van der Waals surface area contributed by atoms with Crippen LogP contribution < -0.4 is 28.7 Å². The van der Waals surface area contributed by atoms with E-state index in [-0.39, 0.29) is 24.8 Å². The second-order valence-electron chi connectivity index (χ2n) is 5.91. The van der Waals surface area contributed by atoms with Crippen LogP contribution >= 0.6 is 0 Å². The molecule has 3 rings (SSSR count). The van der Waals surface area contributed by atoms with Gasteiger partial charge in [0.25, 0.3) is 0 Å². The molecule has 0 heterocycles. The van der Waals surface area contributed by atoms with Crippen molar-refractivity contribution in [3.63, 3.8) is 0 Å². The third kappa shape index (κ3) is 4.73. The number of hydrogen-bond donors (Lipinski definition) is 0. The largest absolute Gasteiger partial charge is 1.00 e. The molecule has 2 aromatic carbocycles. The number of halogens is 2. The predicted octanol–water partition coefficient (Wildman–Crippen LogP) is -2.61. The van der Waals surface area contributed by atoms with Gasteiger partial charge in [-0.15, -0.1) is 0 Å². The first-order valence-corrected chi connectivity index (χ1v) is 8.96. The van der Waals surface area contributed by atoms with Gasteiger partial charge in [0.05, 0.1) is 0 Å². The van der Waals surface area contributed by atoms with Crippen LogP contribution in [0.3, 0.4) is 0 Å². The summed E-state index contributed by atoms with van der Waals surface area (Å²) < 4.78 is 7.02. The van der Waals surface area contributed by atoms with Crippen molar-refractivity contribution >= 4 is 20.2 Å². The van der Waals surface area contributed by atoms with Gasteiger partial charge in [0.15, 0.2) is 0 Å². The minimum absolute atomic E-state index is 0. The number of nitrogens with zero attached hydrogens (tertiary/aromatic N) is 1. The van der Waals surface area contributed by atoms with Gasteiger partial charge >= 0.3 is 142 Å². The van der Waals surface area contributed by atoms with Gasteiger partial charge in [-0.2, -0.15) is 0 Å². The summed E-state index contributed by atoms with van der Waals surface area (Å²) in [6.45, 7) is 1.01. The van der Waals surface area contributed by atoms with Crippen LogP contribution in [0, 0.1) is 0 Å². The Morgan fingerprint density at radius 2 is 1.83 bits per heavy atom. The van der Waals surface area contributed by atoms with Gasteiger partial charge in [-0.05, 0) is 0 Å². The molecule has 1 aliphatic rings. The smallest absolute Gasteiger partial charge is 1.00 e. The van der Waals surface area contributed by atoms with Crippen LogP contribution in [0.4, 0.5) is 0 Å².